The molecule has 1 saturated carbocycles. The number of hydrogen-bond acceptors (Lipinski definition) is 13. The second-order valence-corrected chi connectivity index (χ2v) is 16.1. The van der Waals surface area contributed by atoms with Crippen LogP contribution in [0.2, 0.25) is 0 Å². The lowest BCUT2D eigenvalue weighted by molar-refractivity contribution is -0.146. The first-order valence-corrected chi connectivity index (χ1v) is 20.6. The highest BCUT2D eigenvalue weighted by Gasteiger charge is 2.45. The summed E-state index contributed by atoms with van der Waals surface area (Å²) in [5, 5.41) is 4.87. The van der Waals surface area contributed by atoms with E-state index in [2.05, 4.69) is 15.1 Å². The standard InChI is InChI=1S/C42H43F3N12O5/c1-5-61-27-17-52(3)40(59)34-15-26(62-42-46-11-10-31(49-42)28-12-24(44)14-32-37(28)54(19-27)22(2)48-32)18-55(34)38-29-16-47-57(33-9-6-23(43)13-30(33)45)39(29)51-41(50-38)53-20-35(58)56(25-7-8-25)36(21-53)60-4/h6,9-14,16,25-27,34,36H,5,7-8,15,17-21H2,1-4H3/t26-,27-,34-,36+/m0/s1. The van der Waals surface area contributed by atoms with Crippen molar-refractivity contribution in [1.29, 1.82) is 0 Å². The molecule has 0 unspecified atom stereocenters. The maximum absolute atomic E-state index is 15.5. The normalized spacial score (nSPS) is 22.1. The molecule has 4 bridgehead atoms. The third-order valence-corrected chi connectivity index (χ3v) is 12.0. The molecular weight excluding hydrogens is 810 g/mol. The van der Waals surface area contributed by atoms with Gasteiger partial charge in [0.2, 0.25) is 17.8 Å². The molecule has 0 radical (unpaired) electrons. The largest absolute Gasteiger partial charge is 0.458 e. The lowest BCUT2D eigenvalue weighted by Gasteiger charge is -2.40. The Bertz CT molecular complexity index is 2740. The van der Waals surface area contributed by atoms with Crippen molar-refractivity contribution in [3.05, 3.63) is 72.1 Å². The van der Waals surface area contributed by atoms with Gasteiger partial charge in [0.05, 0.1) is 54.0 Å². The minimum Gasteiger partial charge on any atom is -0.458 e. The van der Waals surface area contributed by atoms with Crippen LogP contribution in [-0.2, 0) is 25.6 Å². The van der Waals surface area contributed by atoms with Crippen LogP contribution in [0.4, 0.5) is 24.9 Å². The van der Waals surface area contributed by atoms with Crippen molar-refractivity contribution in [3.8, 4) is 23.0 Å². The summed E-state index contributed by atoms with van der Waals surface area (Å²) in [7, 11) is 3.25. The van der Waals surface area contributed by atoms with E-state index in [4.69, 9.17) is 29.2 Å². The lowest BCUT2D eigenvalue weighted by Crippen LogP contribution is -2.58. The molecule has 3 aliphatic heterocycles. The summed E-state index contributed by atoms with van der Waals surface area (Å²) in [6.45, 7) is 4.85. The van der Waals surface area contributed by atoms with E-state index in [0.29, 0.717) is 46.7 Å². The molecule has 322 valence electrons. The van der Waals surface area contributed by atoms with Gasteiger partial charge in [0.15, 0.2) is 11.5 Å². The number of carbonyl (C=O) groups is 2. The van der Waals surface area contributed by atoms with Crippen molar-refractivity contribution < 1.29 is 37.0 Å². The molecule has 6 aromatic rings. The van der Waals surface area contributed by atoms with Crippen LogP contribution < -0.4 is 14.5 Å². The molecule has 62 heavy (non-hydrogen) atoms. The number of nitrogens with zero attached hydrogens (tertiary/aromatic N) is 12. The third-order valence-electron chi connectivity index (χ3n) is 12.0. The number of benzene rings is 2. The average Bonchev–Trinajstić information content (AvgIpc) is 3.73. The van der Waals surface area contributed by atoms with E-state index >= 15 is 8.78 Å². The highest BCUT2D eigenvalue weighted by Crippen LogP contribution is 2.38. The molecule has 10 rings (SSSR count). The van der Waals surface area contributed by atoms with Crippen LogP contribution in [-0.4, -0.2) is 138 Å². The second-order valence-electron chi connectivity index (χ2n) is 16.1. The number of aromatic nitrogens is 8. The van der Waals surface area contributed by atoms with Crippen LogP contribution >= 0.6 is 0 Å². The number of rotatable bonds is 7. The van der Waals surface area contributed by atoms with Crippen molar-refractivity contribution in [1.82, 2.24) is 49.1 Å². The predicted molar refractivity (Wildman–Crippen MR) is 218 cm³/mol. The van der Waals surface area contributed by atoms with Gasteiger partial charge in [-0.05, 0) is 51.0 Å². The van der Waals surface area contributed by atoms with E-state index in [9.17, 15) is 14.0 Å². The Kier molecular flexibility index (Phi) is 9.92. The van der Waals surface area contributed by atoms with Gasteiger partial charge in [0, 0.05) is 63.7 Å². The Hall–Kier alpha value is -6.41. The maximum Gasteiger partial charge on any atom is 0.317 e. The fourth-order valence-corrected chi connectivity index (χ4v) is 9.02. The van der Waals surface area contributed by atoms with E-state index in [-0.39, 0.29) is 79.6 Å². The summed E-state index contributed by atoms with van der Waals surface area (Å²) in [5.41, 5.74) is 2.11. The third kappa shape index (κ3) is 6.99. The number of halogens is 3. The van der Waals surface area contributed by atoms with Crippen molar-refractivity contribution in [3.63, 3.8) is 0 Å². The Morgan fingerprint density at radius 2 is 1.79 bits per heavy atom. The molecule has 4 atom stereocenters. The zero-order chi connectivity index (χ0) is 43.0. The number of fused-ring (bicyclic) bond motifs is 6. The summed E-state index contributed by atoms with van der Waals surface area (Å²) in [6.07, 6.45) is 3.22. The molecule has 7 heterocycles. The van der Waals surface area contributed by atoms with E-state index in [1.807, 2.05) is 18.4 Å². The van der Waals surface area contributed by atoms with Crippen molar-refractivity contribution in [2.75, 3.05) is 56.7 Å². The van der Waals surface area contributed by atoms with E-state index in [0.717, 1.165) is 25.0 Å². The van der Waals surface area contributed by atoms with Crippen molar-refractivity contribution >= 4 is 45.6 Å². The number of piperazine rings is 1. The number of imidazole rings is 1. The number of likely N-dealkylation sites (N-methyl/N-ethyl adjacent to an activating group) is 1. The Morgan fingerprint density at radius 3 is 2.56 bits per heavy atom. The molecule has 0 N–H and O–H groups in total. The fraction of sp³-hybridized carbons (Fsp3) is 0.429. The number of amides is 2. The van der Waals surface area contributed by atoms with Gasteiger partial charge in [-0.15, -0.1) is 0 Å². The maximum atomic E-state index is 15.5. The van der Waals surface area contributed by atoms with Gasteiger partial charge in [0.25, 0.3) is 0 Å². The molecule has 20 heteroatoms. The Labute approximate surface area is 353 Å². The van der Waals surface area contributed by atoms with E-state index in [1.165, 1.54) is 35.3 Å². The minimum atomic E-state index is -0.870. The molecular formula is C42H43F3N12O5. The van der Waals surface area contributed by atoms with Crippen LogP contribution in [0.25, 0.3) is 39.0 Å². The summed E-state index contributed by atoms with van der Waals surface area (Å²) < 4.78 is 66.5. The lowest BCUT2D eigenvalue weighted by atomic mass is 10.1. The molecule has 2 saturated heterocycles. The number of aryl methyl sites for hydroxylation is 1. The van der Waals surface area contributed by atoms with E-state index < -0.39 is 41.9 Å². The number of methoxy groups -OCH3 is 1. The summed E-state index contributed by atoms with van der Waals surface area (Å²) in [4.78, 5) is 59.2. The zero-order valence-electron chi connectivity index (χ0n) is 34.4. The summed E-state index contributed by atoms with van der Waals surface area (Å²) in [6, 6.07) is 6.86. The van der Waals surface area contributed by atoms with Gasteiger partial charge in [-0.2, -0.15) is 20.1 Å². The molecule has 1 aliphatic carbocycles. The SMILES string of the molecule is CCO[C@H]1CN(C)C(=O)[C@@H]2C[C@@H](CN2c2nc(N3CC(=O)N(C4CC4)[C@H](OC)C3)nc3c2cnn3-c2ccc(F)cc2F)Oc2nccc(n2)-c2cc(F)cc3nc(C)n(c23)C1. The van der Waals surface area contributed by atoms with Gasteiger partial charge >= 0.3 is 6.01 Å². The van der Waals surface area contributed by atoms with Crippen molar-refractivity contribution in [2.24, 2.45) is 0 Å². The van der Waals surface area contributed by atoms with Crippen LogP contribution in [0.15, 0.2) is 48.8 Å². The molecule has 4 aliphatic rings. The predicted octanol–water partition coefficient (Wildman–Crippen LogP) is 4.03. The number of carbonyl (C=O) groups excluding carboxylic acids is 2. The Balaban J connectivity index is 1.10. The first-order valence-electron chi connectivity index (χ1n) is 20.6. The fourth-order valence-electron chi connectivity index (χ4n) is 9.02. The van der Waals surface area contributed by atoms with E-state index in [1.54, 1.807) is 39.8 Å². The molecule has 2 aromatic carbocycles. The Morgan fingerprint density at radius 1 is 0.952 bits per heavy atom. The minimum absolute atomic E-state index is 0.0157. The first-order chi connectivity index (χ1) is 30.0. The van der Waals surface area contributed by atoms with Gasteiger partial charge < -0.3 is 38.4 Å². The van der Waals surface area contributed by atoms with Crippen LogP contribution in [0.3, 0.4) is 0 Å². The average molecular weight is 853 g/mol. The molecule has 2 amide bonds. The van der Waals surface area contributed by atoms with Gasteiger partial charge in [-0.1, -0.05) is 0 Å². The van der Waals surface area contributed by atoms with Gasteiger partial charge in [0.1, 0.15) is 53.9 Å². The molecule has 4 aromatic heterocycles. The monoisotopic (exact) mass is 852 g/mol. The number of anilines is 2. The summed E-state index contributed by atoms with van der Waals surface area (Å²) >= 11 is 0. The molecule has 3 fully saturated rings. The van der Waals surface area contributed by atoms with Crippen LogP contribution in [0, 0.1) is 24.4 Å². The number of hydrogen-bond donors (Lipinski definition) is 0. The topological polar surface area (TPSA) is 162 Å². The highest BCUT2D eigenvalue weighted by molar-refractivity contribution is 5.94. The second kappa shape index (κ2) is 15.5. The summed E-state index contributed by atoms with van der Waals surface area (Å²) in [5.74, 6) is -1.51. The smallest absolute Gasteiger partial charge is 0.317 e. The molecule has 0 spiro atoms. The van der Waals surface area contributed by atoms with Crippen LogP contribution in [0.5, 0.6) is 6.01 Å². The highest BCUT2D eigenvalue weighted by atomic mass is 19.1. The van der Waals surface area contributed by atoms with Crippen molar-refractivity contribution in [2.45, 2.75) is 70.2 Å². The zero-order valence-corrected chi connectivity index (χ0v) is 34.4. The molecule has 17 nitrogen and oxygen atoms in total. The van der Waals surface area contributed by atoms with Gasteiger partial charge in [-0.3, -0.25) is 9.59 Å². The quantitative estimate of drug-likeness (QED) is 0.227. The number of ether oxygens (including phenoxy) is 3. The van der Waals surface area contributed by atoms with Crippen LogP contribution in [0.1, 0.15) is 32.0 Å². The first kappa shape index (κ1) is 39.7. The van der Waals surface area contributed by atoms with Gasteiger partial charge in [-0.25, -0.2) is 27.8 Å².